The zero-order valence-corrected chi connectivity index (χ0v) is 13.6. The van der Waals surface area contributed by atoms with E-state index in [1.165, 1.54) is 18.2 Å². The van der Waals surface area contributed by atoms with Crippen molar-refractivity contribution in [2.45, 2.75) is 18.9 Å². The number of anilines is 1. The SMILES string of the molecule is COCCCNC(CC(=O)Nc1cc(Cl)cc(Cl)c1)C(=O)O. The maximum absolute atomic E-state index is 11.9. The molecule has 0 aliphatic carbocycles. The molecule has 0 fully saturated rings. The van der Waals surface area contributed by atoms with E-state index in [1.54, 1.807) is 7.11 Å². The van der Waals surface area contributed by atoms with E-state index in [0.717, 1.165) is 0 Å². The maximum Gasteiger partial charge on any atom is 0.321 e. The first-order valence-corrected chi connectivity index (χ1v) is 7.39. The Bertz CT molecular complexity index is 505. The molecule has 0 aliphatic heterocycles. The van der Waals surface area contributed by atoms with Gasteiger partial charge in [0.1, 0.15) is 6.04 Å². The molecule has 1 unspecified atom stereocenters. The van der Waals surface area contributed by atoms with Crippen LogP contribution < -0.4 is 10.6 Å². The van der Waals surface area contributed by atoms with E-state index in [1.807, 2.05) is 0 Å². The van der Waals surface area contributed by atoms with Crippen molar-refractivity contribution in [3.8, 4) is 0 Å². The standard InChI is InChI=1S/C14H18Cl2N2O4/c1-22-4-2-3-17-12(14(20)21)8-13(19)18-11-6-9(15)5-10(16)7-11/h5-7,12,17H,2-4,8H2,1H3,(H,18,19)(H,20,21). The predicted octanol–water partition coefficient (Wildman–Crippen LogP) is 2.40. The minimum atomic E-state index is -1.09. The Balaban J connectivity index is 2.54. The highest BCUT2D eigenvalue weighted by Gasteiger charge is 2.20. The van der Waals surface area contributed by atoms with Gasteiger partial charge in [0.25, 0.3) is 0 Å². The number of rotatable bonds is 9. The second-order valence-corrected chi connectivity index (χ2v) is 5.47. The number of amides is 1. The summed E-state index contributed by atoms with van der Waals surface area (Å²) in [4.78, 5) is 23.1. The summed E-state index contributed by atoms with van der Waals surface area (Å²) >= 11 is 11.7. The molecular weight excluding hydrogens is 331 g/mol. The van der Waals surface area contributed by atoms with Gasteiger partial charge in [-0.3, -0.25) is 9.59 Å². The number of aliphatic carboxylic acids is 1. The molecule has 0 aromatic heterocycles. The fourth-order valence-corrected chi connectivity index (χ4v) is 2.29. The zero-order chi connectivity index (χ0) is 16.5. The van der Waals surface area contributed by atoms with E-state index in [2.05, 4.69) is 10.6 Å². The molecule has 0 aliphatic rings. The van der Waals surface area contributed by atoms with Crippen molar-refractivity contribution in [3.05, 3.63) is 28.2 Å². The lowest BCUT2D eigenvalue weighted by Crippen LogP contribution is -2.40. The average Bonchev–Trinajstić information content (AvgIpc) is 2.40. The van der Waals surface area contributed by atoms with Gasteiger partial charge in [0.05, 0.1) is 6.42 Å². The Morgan fingerprint density at radius 3 is 2.45 bits per heavy atom. The molecule has 1 amide bonds. The van der Waals surface area contributed by atoms with Crippen LogP contribution in [0.1, 0.15) is 12.8 Å². The number of methoxy groups -OCH3 is 1. The molecule has 0 saturated heterocycles. The molecule has 1 rings (SSSR count). The molecule has 0 heterocycles. The summed E-state index contributed by atoms with van der Waals surface area (Å²) in [6.45, 7) is 0.966. The number of nitrogens with one attached hydrogen (secondary N) is 2. The van der Waals surface area contributed by atoms with Gasteiger partial charge in [-0.15, -0.1) is 0 Å². The van der Waals surface area contributed by atoms with Crippen LogP contribution in [-0.2, 0) is 14.3 Å². The van der Waals surface area contributed by atoms with Gasteiger partial charge in [-0.1, -0.05) is 23.2 Å². The fraction of sp³-hybridized carbons (Fsp3) is 0.429. The largest absolute Gasteiger partial charge is 0.480 e. The number of carbonyl (C=O) groups is 2. The van der Waals surface area contributed by atoms with Gasteiger partial charge in [-0.2, -0.15) is 0 Å². The van der Waals surface area contributed by atoms with Gasteiger partial charge in [-0.05, 0) is 31.2 Å². The van der Waals surface area contributed by atoms with Crippen LogP contribution in [0.4, 0.5) is 5.69 Å². The van der Waals surface area contributed by atoms with Crippen LogP contribution in [0.15, 0.2) is 18.2 Å². The van der Waals surface area contributed by atoms with Crippen molar-refractivity contribution >= 4 is 40.8 Å². The number of halogens is 2. The molecule has 0 bridgehead atoms. The third-order valence-electron chi connectivity index (χ3n) is 2.75. The Labute approximate surface area is 138 Å². The lowest BCUT2D eigenvalue weighted by molar-refractivity contribution is -0.141. The summed E-state index contributed by atoms with van der Waals surface area (Å²) in [5, 5.41) is 15.3. The number of carboxylic acid groups (broad SMARTS) is 1. The minimum Gasteiger partial charge on any atom is -0.480 e. The van der Waals surface area contributed by atoms with Gasteiger partial charge >= 0.3 is 5.97 Å². The van der Waals surface area contributed by atoms with Crippen molar-refractivity contribution in [2.75, 3.05) is 25.6 Å². The third kappa shape index (κ3) is 7.09. The second-order valence-electron chi connectivity index (χ2n) is 4.60. The van der Waals surface area contributed by atoms with Crippen LogP contribution in [0.2, 0.25) is 10.0 Å². The van der Waals surface area contributed by atoms with Crippen LogP contribution in [0.5, 0.6) is 0 Å². The van der Waals surface area contributed by atoms with E-state index < -0.39 is 17.9 Å². The van der Waals surface area contributed by atoms with Gasteiger partial charge in [-0.25, -0.2) is 0 Å². The Morgan fingerprint density at radius 1 is 1.27 bits per heavy atom. The van der Waals surface area contributed by atoms with Gasteiger partial charge in [0, 0.05) is 29.4 Å². The van der Waals surface area contributed by atoms with Crippen molar-refractivity contribution in [3.63, 3.8) is 0 Å². The van der Waals surface area contributed by atoms with Crippen LogP contribution >= 0.6 is 23.2 Å². The van der Waals surface area contributed by atoms with Gasteiger partial charge in [0.15, 0.2) is 0 Å². The monoisotopic (exact) mass is 348 g/mol. The van der Waals surface area contributed by atoms with E-state index in [0.29, 0.717) is 35.3 Å². The Kier molecular flexibility index (Phi) is 8.19. The molecule has 0 spiro atoms. The maximum atomic E-state index is 11.9. The molecule has 3 N–H and O–H groups in total. The molecule has 8 heteroatoms. The smallest absolute Gasteiger partial charge is 0.321 e. The lowest BCUT2D eigenvalue weighted by atomic mass is 10.2. The fourth-order valence-electron chi connectivity index (χ4n) is 1.76. The van der Waals surface area contributed by atoms with Gasteiger partial charge in [0.2, 0.25) is 5.91 Å². The molecular formula is C14H18Cl2N2O4. The molecule has 1 atom stereocenters. The van der Waals surface area contributed by atoms with Crippen LogP contribution in [0.25, 0.3) is 0 Å². The van der Waals surface area contributed by atoms with Crippen LogP contribution in [0, 0.1) is 0 Å². The van der Waals surface area contributed by atoms with E-state index >= 15 is 0 Å². The molecule has 0 saturated carbocycles. The number of carbonyl (C=O) groups excluding carboxylic acids is 1. The molecule has 22 heavy (non-hydrogen) atoms. The van der Waals surface area contributed by atoms with Crippen molar-refractivity contribution in [2.24, 2.45) is 0 Å². The highest BCUT2D eigenvalue weighted by molar-refractivity contribution is 6.35. The van der Waals surface area contributed by atoms with Crippen molar-refractivity contribution in [1.82, 2.24) is 5.32 Å². The zero-order valence-electron chi connectivity index (χ0n) is 12.1. The highest BCUT2D eigenvalue weighted by atomic mass is 35.5. The number of hydrogen-bond acceptors (Lipinski definition) is 4. The summed E-state index contributed by atoms with van der Waals surface area (Å²) in [7, 11) is 1.57. The number of benzene rings is 1. The van der Waals surface area contributed by atoms with Crippen molar-refractivity contribution in [1.29, 1.82) is 0 Å². The quantitative estimate of drug-likeness (QED) is 0.596. The first-order chi connectivity index (χ1) is 10.4. The van der Waals surface area contributed by atoms with E-state index in [4.69, 9.17) is 33.0 Å². The second kappa shape index (κ2) is 9.63. The Morgan fingerprint density at radius 2 is 1.91 bits per heavy atom. The van der Waals surface area contributed by atoms with Gasteiger partial charge < -0.3 is 20.5 Å². The molecule has 6 nitrogen and oxygen atoms in total. The summed E-state index contributed by atoms with van der Waals surface area (Å²) in [5.74, 6) is -1.53. The summed E-state index contributed by atoms with van der Waals surface area (Å²) in [6.07, 6.45) is 0.457. The number of ether oxygens (including phenoxy) is 1. The molecule has 0 radical (unpaired) electrons. The predicted molar refractivity (Wildman–Crippen MR) is 85.6 cm³/mol. The number of hydrogen-bond donors (Lipinski definition) is 3. The first-order valence-electron chi connectivity index (χ1n) is 6.63. The Hall–Kier alpha value is -1.34. The first kappa shape index (κ1) is 18.7. The van der Waals surface area contributed by atoms with E-state index in [-0.39, 0.29) is 6.42 Å². The normalized spacial score (nSPS) is 12.0. The average molecular weight is 349 g/mol. The minimum absolute atomic E-state index is 0.202. The number of carboxylic acids is 1. The summed E-state index contributed by atoms with van der Waals surface area (Å²) < 4.78 is 4.87. The van der Waals surface area contributed by atoms with Crippen LogP contribution in [-0.4, -0.2) is 43.3 Å². The highest BCUT2D eigenvalue weighted by Crippen LogP contribution is 2.22. The summed E-state index contributed by atoms with van der Waals surface area (Å²) in [6, 6.07) is 3.64. The summed E-state index contributed by atoms with van der Waals surface area (Å²) in [5.41, 5.74) is 0.422. The van der Waals surface area contributed by atoms with E-state index in [9.17, 15) is 9.59 Å². The van der Waals surface area contributed by atoms with Crippen LogP contribution in [0.3, 0.4) is 0 Å². The molecule has 1 aromatic carbocycles. The van der Waals surface area contributed by atoms with Crippen molar-refractivity contribution < 1.29 is 19.4 Å². The topological polar surface area (TPSA) is 87.7 Å². The molecule has 1 aromatic rings. The third-order valence-corrected chi connectivity index (χ3v) is 3.19. The molecule has 122 valence electrons. The lowest BCUT2D eigenvalue weighted by Gasteiger charge is -2.14.